The molecular weight excluding hydrogens is 358 g/mol. The molecule has 0 spiro atoms. The van der Waals surface area contributed by atoms with E-state index in [1.165, 1.54) is 38.4 Å². The number of rotatable bonds is 7. The molecule has 1 saturated heterocycles. The Hall–Kier alpha value is -1.78. The number of nitrogens with zero attached hydrogens (tertiary/aromatic N) is 1. The topological polar surface area (TPSA) is 84.9 Å². The lowest BCUT2D eigenvalue weighted by Gasteiger charge is -2.21. The first kappa shape index (κ1) is 19.5. The number of nitrogens with one attached hydrogen (secondary N) is 1. The maximum atomic E-state index is 12.4. The van der Waals surface area contributed by atoms with E-state index in [-0.39, 0.29) is 30.3 Å². The van der Waals surface area contributed by atoms with Gasteiger partial charge >= 0.3 is 6.61 Å². The van der Waals surface area contributed by atoms with Crippen molar-refractivity contribution in [1.29, 1.82) is 0 Å². The molecule has 2 rings (SSSR count). The first-order valence-electron chi connectivity index (χ1n) is 7.53. The lowest BCUT2D eigenvalue weighted by Crippen LogP contribution is -2.43. The van der Waals surface area contributed by atoms with Crippen LogP contribution in [0.1, 0.15) is 10.4 Å². The van der Waals surface area contributed by atoms with Crippen molar-refractivity contribution in [3.63, 3.8) is 0 Å². The summed E-state index contributed by atoms with van der Waals surface area (Å²) in [5, 5.41) is 2.65. The maximum Gasteiger partial charge on any atom is 0.387 e. The van der Waals surface area contributed by atoms with Crippen LogP contribution in [-0.2, 0) is 14.8 Å². The largest absolute Gasteiger partial charge is 0.434 e. The summed E-state index contributed by atoms with van der Waals surface area (Å²) < 4.78 is 59.7. The molecule has 25 heavy (non-hydrogen) atoms. The number of carbonyl (C=O) groups excluding carboxylic acids is 1. The molecule has 7 nitrogen and oxygen atoms in total. The van der Waals surface area contributed by atoms with Gasteiger partial charge in [0.1, 0.15) is 5.75 Å². The number of alkyl halides is 2. The number of ether oxygens (including phenoxy) is 2. The Bertz CT molecular complexity index is 712. The molecule has 0 aliphatic carbocycles. The van der Waals surface area contributed by atoms with Crippen LogP contribution in [0.4, 0.5) is 8.78 Å². The van der Waals surface area contributed by atoms with Gasteiger partial charge in [-0.15, -0.1) is 0 Å². The van der Waals surface area contributed by atoms with Gasteiger partial charge in [0.2, 0.25) is 10.0 Å². The number of halogens is 2. The molecule has 0 bridgehead atoms. The predicted molar refractivity (Wildman–Crippen MR) is 86.1 cm³/mol. The van der Waals surface area contributed by atoms with Crippen molar-refractivity contribution >= 4 is 15.9 Å². The molecule has 0 saturated carbocycles. The van der Waals surface area contributed by atoms with Crippen molar-refractivity contribution in [2.75, 3.05) is 33.1 Å². The average molecular weight is 378 g/mol. The second-order valence-corrected chi connectivity index (χ2v) is 8.04. The van der Waals surface area contributed by atoms with E-state index in [0.29, 0.717) is 0 Å². The van der Waals surface area contributed by atoms with Crippen molar-refractivity contribution in [2.24, 2.45) is 5.92 Å². The quantitative estimate of drug-likeness (QED) is 0.763. The Kier molecular flexibility index (Phi) is 6.31. The molecule has 10 heteroatoms. The maximum absolute atomic E-state index is 12.4. The summed E-state index contributed by atoms with van der Waals surface area (Å²) in [6.07, 6.45) is 0. The van der Waals surface area contributed by atoms with Crippen LogP contribution in [0.2, 0.25) is 0 Å². The standard InChI is InChI=1S/C15H20F2N2O5S/c1-19(2)25(21,22)9-10-7-23-8-12(10)18-14(20)11-5-3-4-6-13(11)24-15(16)17/h3-6,10,12,15H,7-9H2,1-2H3,(H,18,20)/t10-,12-/m0/s1. The summed E-state index contributed by atoms with van der Waals surface area (Å²) in [6, 6.07) is 5.07. The van der Waals surface area contributed by atoms with Gasteiger partial charge in [0.05, 0.1) is 30.6 Å². The monoisotopic (exact) mass is 378 g/mol. The van der Waals surface area contributed by atoms with E-state index in [9.17, 15) is 22.0 Å². The minimum absolute atomic E-state index is 0.0519. The van der Waals surface area contributed by atoms with E-state index < -0.39 is 34.5 Å². The van der Waals surface area contributed by atoms with E-state index in [2.05, 4.69) is 10.1 Å². The number of amides is 1. The van der Waals surface area contributed by atoms with Crippen LogP contribution in [-0.4, -0.2) is 64.3 Å². The van der Waals surface area contributed by atoms with E-state index in [0.717, 1.165) is 4.31 Å². The van der Waals surface area contributed by atoms with Gasteiger partial charge in [-0.3, -0.25) is 4.79 Å². The number of carbonyl (C=O) groups is 1. The fourth-order valence-corrected chi connectivity index (χ4v) is 3.61. The Morgan fingerprint density at radius 1 is 1.36 bits per heavy atom. The van der Waals surface area contributed by atoms with Gasteiger partial charge < -0.3 is 14.8 Å². The molecular formula is C15H20F2N2O5S. The summed E-state index contributed by atoms with van der Waals surface area (Å²) in [6.45, 7) is -2.72. The molecule has 2 atom stereocenters. The van der Waals surface area contributed by atoms with Gasteiger partial charge in [0, 0.05) is 20.0 Å². The first-order valence-corrected chi connectivity index (χ1v) is 9.14. The SMILES string of the molecule is CN(C)S(=O)(=O)C[C@@H]1COC[C@@H]1NC(=O)c1ccccc1OC(F)F. The highest BCUT2D eigenvalue weighted by Crippen LogP contribution is 2.22. The van der Waals surface area contributed by atoms with E-state index in [1.54, 1.807) is 0 Å². The third kappa shape index (κ3) is 5.10. The second-order valence-electron chi connectivity index (χ2n) is 5.81. The van der Waals surface area contributed by atoms with Crippen molar-refractivity contribution in [2.45, 2.75) is 12.7 Å². The molecule has 0 unspecified atom stereocenters. The fraction of sp³-hybridized carbons (Fsp3) is 0.533. The van der Waals surface area contributed by atoms with Crippen LogP contribution >= 0.6 is 0 Å². The molecule has 1 fully saturated rings. The van der Waals surface area contributed by atoms with E-state index in [4.69, 9.17) is 4.74 Å². The molecule has 1 aromatic carbocycles. The molecule has 1 amide bonds. The minimum Gasteiger partial charge on any atom is -0.434 e. The highest BCUT2D eigenvalue weighted by Gasteiger charge is 2.34. The molecule has 1 N–H and O–H groups in total. The molecule has 1 aliphatic heterocycles. The second kappa shape index (κ2) is 8.07. The summed E-state index contributed by atoms with van der Waals surface area (Å²) >= 11 is 0. The van der Waals surface area contributed by atoms with Crippen molar-refractivity contribution in [3.8, 4) is 5.75 Å². The van der Waals surface area contributed by atoms with Crippen LogP contribution in [0.3, 0.4) is 0 Å². The van der Waals surface area contributed by atoms with Crippen molar-refractivity contribution in [3.05, 3.63) is 29.8 Å². The van der Waals surface area contributed by atoms with Gasteiger partial charge in [-0.05, 0) is 12.1 Å². The van der Waals surface area contributed by atoms with Gasteiger partial charge in [-0.1, -0.05) is 12.1 Å². The number of hydrogen-bond acceptors (Lipinski definition) is 5. The number of hydrogen-bond donors (Lipinski definition) is 1. The fourth-order valence-electron chi connectivity index (χ4n) is 2.44. The third-order valence-corrected chi connectivity index (χ3v) is 5.81. The summed E-state index contributed by atoms with van der Waals surface area (Å²) in [5.41, 5.74) is -0.0519. The van der Waals surface area contributed by atoms with Crippen LogP contribution in [0.25, 0.3) is 0 Å². The summed E-state index contributed by atoms with van der Waals surface area (Å²) in [4.78, 5) is 12.4. The molecule has 1 aromatic rings. The van der Waals surface area contributed by atoms with Gasteiger partial charge in [-0.25, -0.2) is 12.7 Å². The highest BCUT2D eigenvalue weighted by molar-refractivity contribution is 7.89. The highest BCUT2D eigenvalue weighted by atomic mass is 32.2. The average Bonchev–Trinajstić information content (AvgIpc) is 2.93. The number of benzene rings is 1. The van der Waals surface area contributed by atoms with Crippen LogP contribution in [0.15, 0.2) is 24.3 Å². The molecule has 140 valence electrons. The first-order chi connectivity index (χ1) is 11.7. The summed E-state index contributed by atoms with van der Waals surface area (Å²) in [5.74, 6) is -1.48. The number of sulfonamides is 1. The van der Waals surface area contributed by atoms with Gasteiger partial charge in [0.25, 0.3) is 5.91 Å². The normalized spacial score (nSPS) is 20.9. The van der Waals surface area contributed by atoms with Gasteiger partial charge in [-0.2, -0.15) is 8.78 Å². The lowest BCUT2D eigenvalue weighted by atomic mass is 10.1. The van der Waals surface area contributed by atoms with E-state index in [1.807, 2.05) is 0 Å². The molecule has 1 aliphatic rings. The van der Waals surface area contributed by atoms with E-state index >= 15 is 0 Å². The molecule has 0 radical (unpaired) electrons. The molecule has 1 heterocycles. The summed E-state index contributed by atoms with van der Waals surface area (Å²) in [7, 11) is -0.606. The van der Waals surface area contributed by atoms with Crippen LogP contribution in [0, 0.1) is 5.92 Å². The predicted octanol–water partition coefficient (Wildman–Crippen LogP) is 0.924. The Labute approximate surface area is 145 Å². The van der Waals surface area contributed by atoms with Crippen LogP contribution < -0.4 is 10.1 Å². The third-order valence-electron chi connectivity index (χ3n) is 3.84. The van der Waals surface area contributed by atoms with Crippen LogP contribution in [0.5, 0.6) is 5.75 Å². The Morgan fingerprint density at radius 3 is 2.68 bits per heavy atom. The lowest BCUT2D eigenvalue weighted by molar-refractivity contribution is -0.0501. The smallest absolute Gasteiger partial charge is 0.387 e. The molecule has 0 aromatic heterocycles. The van der Waals surface area contributed by atoms with Crippen molar-refractivity contribution < 1.29 is 31.5 Å². The minimum atomic E-state index is -3.46. The van der Waals surface area contributed by atoms with Gasteiger partial charge in [0.15, 0.2) is 0 Å². The Morgan fingerprint density at radius 2 is 2.04 bits per heavy atom. The number of para-hydroxylation sites is 1. The van der Waals surface area contributed by atoms with Crippen molar-refractivity contribution in [1.82, 2.24) is 9.62 Å². The zero-order valence-electron chi connectivity index (χ0n) is 13.8. The zero-order chi connectivity index (χ0) is 18.6. The Balaban J connectivity index is 2.10. The zero-order valence-corrected chi connectivity index (χ0v) is 14.6.